The molecule has 0 unspecified atom stereocenters. The molecule has 0 aliphatic carbocycles. The number of hydrogen-bond acceptors (Lipinski definition) is 2. The molecular weight excluding hydrogens is 214 g/mol. The standard InChI is InChI=1S/C11H10ClNS/c1-7-11(13-8(2)14-7)9-5-3-4-6-10(9)12/h3-6H,1-2H3. The Morgan fingerprint density at radius 3 is 2.50 bits per heavy atom. The molecule has 0 saturated heterocycles. The van der Waals surface area contributed by atoms with Gasteiger partial charge in [0.05, 0.1) is 10.7 Å². The second kappa shape index (κ2) is 3.71. The number of nitrogens with zero attached hydrogens (tertiary/aromatic N) is 1. The van der Waals surface area contributed by atoms with E-state index in [1.54, 1.807) is 11.3 Å². The van der Waals surface area contributed by atoms with Crippen LogP contribution in [0.25, 0.3) is 11.3 Å². The van der Waals surface area contributed by atoms with Crippen LogP contribution in [-0.4, -0.2) is 4.98 Å². The minimum absolute atomic E-state index is 0.765. The molecule has 2 rings (SSSR count). The van der Waals surface area contributed by atoms with Crippen LogP contribution in [0.4, 0.5) is 0 Å². The third kappa shape index (κ3) is 1.68. The maximum absolute atomic E-state index is 6.10. The molecule has 0 radical (unpaired) electrons. The largest absolute Gasteiger partial charge is 0.241 e. The number of aromatic nitrogens is 1. The molecular formula is C11H10ClNS. The van der Waals surface area contributed by atoms with Gasteiger partial charge < -0.3 is 0 Å². The summed E-state index contributed by atoms with van der Waals surface area (Å²) < 4.78 is 0. The average molecular weight is 224 g/mol. The molecule has 0 saturated carbocycles. The van der Waals surface area contributed by atoms with Crippen LogP contribution in [0, 0.1) is 13.8 Å². The van der Waals surface area contributed by atoms with E-state index in [1.165, 1.54) is 4.88 Å². The van der Waals surface area contributed by atoms with Crippen LogP contribution in [0.1, 0.15) is 9.88 Å². The summed E-state index contributed by atoms with van der Waals surface area (Å²) in [6, 6.07) is 7.81. The lowest BCUT2D eigenvalue weighted by molar-refractivity contribution is 1.28. The average Bonchev–Trinajstić information content (AvgIpc) is 2.46. The molecule has 0 fully saturated rings. The van der Waals surface area contributed by atoms with E-state index in [0.717, 1.165) is 21.3 Å². The maximum atomic E-state index is 6.10. The van der Waals surface area contributed by atoms with Gasteiger partial charge in [0.1, 0.15) is 0 Å². The van der Waals surface area contributed by atoms with Crippen molar-refractivity contribution in [3.8, 4) is 11.3 Å². The number of thiazole rings is 1. The first-order valence-electron chi connectivity index (χ1n) is 4.37. The van der Waals surface area contributed by atoms with Crippen LogP contribution < -0.4 is 0 Å². The van der Waals surface area contributed by atoms with Crippen molar-refractivity contribution in [2.75, 3.05) is 0 Å². The zero-order valence-electron chi connectivity index (χ0n) is 8.04. The van der Waals surface area contributed by atoms with Gasteiger partial charge in [-0.2, -0.15) is 0 Å². The summed E-state index contributed by atoms with van der Waals surface area (Å²) >= 11 is 7.81. The molecule has 0 aliphatic heterocycles. The molecule has 0 atom stereocenters. The van der Waals surface area contributed by atoms with Crippen LogP contribution in [0.2, 0.25) is 5.02 Å². The summed E-state index contributed by atoms with van der Waals surface area (Å²) in [5.41, 5.74) is 2.04. The fourth-order valence-corrected chi connectivity index (χ4v) is 2.49. The number of rotatable bonds is 1. The zero-order valence-corrected chi connectivity index (χ0v) is 9.62. The van der Waals surface area contributed by atoms with E-state index in [-0.39, 0.29) is 0 Å². The van der Waals surface area contributed by atoms with Crippen LogP contribution in [0.15, 0.2) is 24.3 Å². The quantitative estimate of drug-likeness (QED) is 0.710. The Labute approximate surface area is 92.4 Å². The molecule has 1 aromatic heterocycles. The molecule has 2 aromatic rings. The molecule has 0 N–H and O–H groups in total. The lowest BCUT2D eigenvalue weighted by Crippen LogP contribution is -1.81. The minimum Gasteiger partial charge on any atom is -0.241 e. The van der Waals surface area contributed by atoms with Gasteiger partial charge in [0, 0.05) is 15.5 Å². The van der Waals surface area contributed by atoms with Crippen molar-refractivity contribution in [1.82, 2.24) is 4.98 Å². The van der Waals surface area contributed by atoms with Gasteiger partial charge in [-0.25, -0.2) is 4.98 Å². The van der Waals surface area contributed by atoms with Gasteiger partial charge >= 0.3 is 0 Å². The van der Waals surface area contributed by atoms with Crippen molar-refractivity contribution in [2.24, 2.45) is 0 Å². The molecule has 3 heteroatoms. The Kier molecular flexibility index (Phi) is 2.57. The molecule has 0 amide bonds. The van der Waals surface area contributed by atoms with Gasteiger partial charge in [-0.1, -0.05) is 29.8 Å². The van der Waals surface area contributed by atoms with Gasteiger partial charge in [-0.05, 0) is 19.9 Å². The van der Waals surface area contributed by atoms with Crippen molar-refractivity contribution >= 4 is 22.9 Å². The van der Waals surface area contributed by atoms with Gasteiger partial charge in [0.15, 0.2) is 0 Å². The second-order valence-corrected chi connectivity index (χ2v) is 4.93. The Balaban J connectivity index is 2.60. The molecule has 0 spiro atoms. The molecule has 0 aliphatic rings. The van der Waals surface area contributed by atoms with Crippen molar-refractivity contribution < 1.29 is 0 Å². The Bertz CT molecular complexity index is 462. The van der Waals surface area contributed by atoms with E-state index >= 15 is 0 Å². The minimum atomic E-state index is 0.765. The van der Waals surface area contributed by atoms with Gasteiger partial charge in [0.25, 0.3) is 0 Å². The van der Waals surface area contributed by atoms with E-state index in [4.69, 9.17) is 11.6 Å². The van der Waals surface area contributed by atoms with Crippen molar-refractivity contribution in [3.05, 3.63) is 39.2 Å². The zero-order chi connectivity index (χ0) is 10.1. The normalized spacial score (nSPS) is 10.5. The van der Waals surface area contributed by atoms with Crippen molar-refractivity contribution in [3.63, 3.8) is 0 Å². The topological polar surface area (TPSA) is 12.9 Å². The highest BCUT2D eigenvalue weighted by molar-refractivity contribution is 7.11. The van der Waals surface area contributed by atoms with Crippen molar-refractivity contribution in [2.45, 2.75) is 13.8 Å². The number of benzene rings is 1. The van der Waals surface area contributed by atoms with Crippen LogP contribution in [0.3, 0.4) is 0 Å². The lowest BCUT2D eigenvalue weighted by atomic mass is 10.1. The number of halogens is 1. The summed E-state index contributed by atoms with van der Waals surface area (Å²) in [5, 5.41) is 1.85. The SMILES string of the molecule is Cc1nc(-c2ccccc2Cl)c(C)s1. The Hall–Kier alpha value is -0.860. The monoisotopic (exact) mass is 223 g/mol. The molecule has 14 heavy (non-hydrogen) atoms. The summed E-state index contributed by atoms with van der Waals surface area (Å²) in [5.74, 6) is 0. The van der Waals surface area contributed by atoms with E-state index < -0.39 is 0 Å². The first-order chi connectivity index (χ1) is 6.68. The summed E-state index contributed by atoms with van der Waals surface area (Å²) in [7, 11) is 0. The van der Waals surface area contributed by atoms with Gasteiger partial charge in [0.2, 0.25) is 0 Å². The predicted molar refractivity (Wildman–Crippen MR) is 62.0 cm³/mol. The summed E-state index contributed by atoms with van der Waals surface area (Å²) in [4.78, 5) is 5.69. The number of aryl methyl sites for hydroxylation is 2. The fourth-order valence-electron chi connectivity index (χ4n) is 1.43. The van der Waals surface area contributed by atoms with Crippen LogP contribution >= 0.6 is 22.9 Å². The molecule has 1 aromatic carbocycles. The van der Waals surface area contributed by atoms with E-state index in [2.05, 4.69) is 11.9 Å². The Morgan fingerprint density at radius 2 is 1.93 bits per heavy atom. The maximum Gasteiger partial charge on any atom is 0.0904 e. The van der Waals surface area contributed by atoms with Crippen LogP contribution in [0.5, 0.6) is 0 Å². The van der Waals surface area contributed by atoms with E-state index in [1.807, 2.05) is 31.2 Å². The highest BCUT2D eigenvalue weighted by atomic mass is 35.5. The predicted octanol–water partition coefficient (Wildman–Crippen LogP) is 4.08. The highest BCUT2D eigenvalue weighted by Crippen LogP contribution is 2.31. The second-order valence-electron chi connectivity index (χ2n) is 3.12. The summed E-state index contributed by atoms with van der Waals surface area (Å²) in [6.07, 6.45) is 0. The van der Waals surface area contributed by atoms with Gasteiger partial charge in [-0.15, -0.1) is 11.3 Å². The fraction of sp³-hybridized carbons (Fsp3) is 0.182. The van der Waals surface area contributed by atoms with Crippen molar-refractivity contribution in [1.29, 1.82) is 0 Å². The molecule has 0 bridgehead atoms. The smallest absolute Gasteiger partial charge is 0.0904 e. The highest BCUT2D eigenvalue weighted by Gasteiger charge is 2.09. The summed E-state index contributed by atoms with van der Waals surface area (Å²) in [6.45, 7) is 4.08. The lowest BCUT2D eigenvalue weighted by Gasteiger charge is -2.00. The first kappa shape index (κ1) is 9.69. The Morgan fingerprint density at radius 1 is 1.21 bits per heavy atom. The van der Waals surface area contributed by atoms with Gasteiger partial charge in [-0.3, -0.25) is 0 Å². The third-order valence-electron chi connectivity index (χ3n) is 2.03. The molecule has 1 nitrogen and oxygen atoms in total. The first-order valence-corrected chi connectivity index (χ1v) is 5.57. The third-order valence-corrected chi connectivity index (χ3v) is 3.25. The number of hydrogen-bond donors (Lipinski definition) is 0. The van der Waals surface area contributed by atoms with E-state index in [9.17, 15) is 0 Å². The molecule has 72 valence electrons. The molecule has 1 heterocycles. The van der Waals surface area contributed by atoms with E-state index in [0.29, 0.717) is 0 Å². The van der Waals surface area contributed by atoms with Crippen LogP contribution in [-0.2, 0) is 0 Å².